The molecule has 0 fully saturated rings. The van der Waals surface area contributed by atoms with Gasteiger partial charge in [0.15, 0.2) is 12.3 Å². The summed E-state index contributed by atoms with van der Waals surface area (Å²) < 4.78 is 11.7. The van der Waals surface area contributed by atoms with Crippen LogP contribution in [0.5, 0.6) is 11.6 Å². The minimum Gasteiger partial charge on any atom is -0.493 e. The number of azo groups is 1. The van der Waals surface area contributed by atoms with Gasteiger partial charge in [0.1, 0.15) is 12.3 Å². The van der Waals surface area contributed by atoms with Gasteiger partial charge in [-0.1, -0.05) is 29.8 Å². The number of aromatic nitrogens is 1. The molecule has 1 heterocycles. The molecular weight excluding hydrogens is 410 g/mol. The number of fused-ring (bicyclic) bond motifs is 1. The molecule has 156 valence electrons. The Labute approximate surface area is 177 Å². The van der Waals surface area contributed by atoms with Crippen LogP contribution in [0.4, 0.5) is 5.69 Å². The monoisotopic (exact) mass is 429 g/mol. The molecule has 1 N–H and O–H groups in total. The Kier molecular flexibility index (Phi) is 6.68. The van der Waals surface area contributed by atoms with Crippen molar-refractivity contribution < 1.29 is 24.2 Å². The van der Waals surface area contributed by atoms with Crippen molar-refractivity contribution >= 4 is 40.1 Å². The van der Waals surface area contributed by atoms with Gasteiger partial charge >= 0.3 is 11.9 Å². The number of esters is 1. The van der Waals surface area contributed by atoms with E-state index in [4.69, 9.17) is 21.1 Å². The molecular formula is C21H20ClN3O5. The number of nitrogens with zero attached hydrogens (tertiary/aromatic N) is 3. The zero-order chi connectivity index (χ0) is 21.7. The number of carbonyl (C=O) groups is 2. The van der Waals surface area contributed by atoms with Crippen molar-refractivity contribution in [3.63, 3.8) is 0 Å². The van der Waals surface area contributed by atoms with Crippen LogP contribution in [-0.4, -0.2) is 34.8 Å². The van der Waals surface area contributed by atoms with Gasteiger partial charge in [-0.25, -0.2) is 0 Å². The predicted molar refractivity (Wildman–Crippen MR) is 111 cm³/mol. The summed E-state index contributed by atoms with van der Waals surface area (Å²) in [7, 11) is 0. The zero-order valence-corrected chi connectivity index (χ0v) is 17.2. The average molecular weight is 430 g/mol. The summed E-state index contributed by atoms with van der Waals surface area (Å²) in [6.45, 7) is 3.23. The van der Waals surface area contributed by atoms with Crippen LogP contribution >= 0.6 is 11.6 Å². The van der Waals surface area contributed by atoms with Crippen LogP contribution in [0.2, 0.25) is 5.02 Å². The van der Waals surface area contributed by atoms with E-state index in [9.17, 15) is 14.7 Å². The second kappa shape index (κ2) is 9.41. The first-order valence-electron chi connectivity index (χ1n) is 9.20. The van der Waals surface area contributed by atoms with Gasteiger partial charge in [0.25, 0.3) is 0 Å². The van der Waals surface area contributed by atoms with Crippen LogP contribution in [0.1, 0.15) is 12.5 Å². The molecule has 0 atom stereocenters. The minimum atomic E-state index is -0.635. The number of aryl methyl sites for hydroxylation is 1. The Morgan fingerprint density at radius 2 is 1.97 bits per heavy atom. The topological polar surface area (TPSA) is 102 Å². The number of aromatic hydroxyl groups is 1. The molecule has 0 bridgehead atoms. The summed E-state index contributed by atoms with van der Waals surface area (Å²) in [5, 5.41) is 19.2. The number of halogens is 1. The quantitative estimate of drug-likeness (QED) is 0.438. The molecule has 3 rings (SSSR count). The Hall–Kier alpha value is -3.39. The first-order valence-corrected chi connectivity index (χ1v) is 9.57. The maximum atomic E-state index is 12.1. The number of rotatable bonds is 7. The van der Waals surface area contributed by atoms with E-state index in [-0.39, 0.29) is 31.3 Å². The summed E-state index contributed by atoms with van der Waals surface area (Å²) in [6.07, 6.45) is 0. The van der Waals surface area contributed by atoms with Gasteiger partial charge in [-0.3, -0.25) is 14.2 Å². The van der Waals surface area contributed by atoms with E-state index in [2.05, 4.69) is 10.2 Å². The van der Waals surface area contributed by atoms with Gasteiger partial charge in [0, 0.05) is 10.4 Å². The summed E-state index contributed by atoms with van der Waals surface area (Å²) in [5.41, 5.74) is 1.48. The lowest BCUT2D eigenvalue weighted by Gasteiger charge is -2.06. The van der Waals surface area contributed by atoms with E-state index < -0.39 is 11.9 Å². The van der Waals surface area contributed by atoms with Crippen molar-refractivity contribution in [2.24, 2.45) is 10.2 Å². The lowest BCUT2D eigenvalue weighted by atomic mass is 10.2. The van der Waals surface area contributed by atoms with Gasteiger partial charge in [-0.05, 0) is 43.7 Å². The van der Waals surface area contributed by atoms with Crippen molar-refractivity contribution in [2.75, 3.05) is 13.2 Å². The van der Waals surface area contributed by atoms with Crippen molar-refractivity contribution in [1.29, 1.82) is 0 Å². The maximum absolute atomic E-state index is 12.1. The van der Waals surface area contributed by atoms with Crippen LogP contribution in [-0.2, 0) is 20.9 Å². The van der Waals surface area contributed by atoms with Crippen molar-refractivity contribution in [1.82, 2.24) is 4.57 Å². The molecule has 8 nitrogen and oxygen atoms in total. The third kappa shape index (κ3) is 4.77. The molecule has 0 saturated heterocycles. The van der Waals surface area contributed by atoms with Crippen LogP contribution in [0, 0.1) is 6.92 Å². The van der Waals surface area contributed by atoms with Crippen LogP contribution < -0.4 is 4.74 Å². The molecule has 0 saturated carbocycles. The molecule has 0 radical (unpaired) electrons. The number of para-hydroxylation sites is 1. The second-order valence-electron chi connectivity index (χ2n) is 6.37. The first-order chi connectivity index (χ1) is 14.4. The summed E-state index contributed by atoms with van der Waals surface area (Å²) in [6, 6.07) is 12.0. The maximum Gasteiger partial charge on any atom is 0.326 e. The number of hydrogen-bond acceptors (Lipinski definition) is 6. The van der Waals surface area contributed by atoms with E-state index >= 15 is 0 Å². The molecule has 0 aliphatic heterocycles. The highest BCUT2D eigenvalue weighted by molar-refractivity contribution is 6.31. The Morgan fingerprint density at radius 3 is 2.70 bits per heavy atom. The van der Waals surface area contributed by atoms with Gasteiger partial charge in [0.05, 0.1) is 12.1 Å². The third-order valence-electron chi connectivity index (χ3n) is 4.26. The summed E-state index contributed by atoms with van der Waals surface area (Å²) in [5.74, 6) is -0.937. The van der Waals surface area contributed by atoms with Crippen molar-refractivity contribution in [3.05, 3.63) is 53.1 Å². The fourth-order valence-electron chi connectivity index (χ4n) is 2.85. The smallest absolute Gasteiger partial charge is 0.326 e. The fraction of sp³-hybridized carbons (Fsp3) is 0.238. The van der Waals surface area contributed by atoms with Crippen LogP contribution in [0.3, 0.4) is 0 Å². The highest BCUT2D eigenvalue weighted by Crippen LogP contribution is 2.38. The molecule has 3 aromatic rings. The van der Waals surface area contributed by atoms with Crippen molar-refractivity contribution in [3.8, 4) is 11.6 Å². The molecule has 0 aliphatic rings. The Bertz CT molecular complexity index is 1120. The number of benzene rings is 2. The molecule has 1 aromatic heterocycles. The second-order valence-corrected chi connectivity index (χ2v) is 6.78. The van der Waals surface area contributed by atoms with E-state index in [0.717, 1.165) is 5.56 Å². The van der Waals surface area contributed by atoms with Gasteiger partial charge in [0.2, 0.25) is 5.88 Å². The molecule has 0 unspecified atom stereocenters. The van der Waals surface area contributed by atoms with Gasteiger partial charge in [-0.2, -0.15) is 0 Å². The number of amides is 1. The average Bonchev–Trinajstić information content (AvgIpc) is 2.99. The van der Waals surface area contributed by atoms with E-state index in [1.54, 1.807) is 49.4 Å². The lowest BCUT2D eigenvalue weighted by Crippen LogP contribution is -2.12. The zero-order valence-electron chi connectivity index (χ0n) is 16.5. The molecule has 30 heavy (non-hydrogen) atoms. The predicted octanol–water partition coefficient (Wildman–Crippen LogP) is 4.56. The van der Waals surface area contributed by atoms with Gasteiger partial charge in [-0.15, -0.1) is 10.2 Å². The molecule has 1 amide bonds. The fourth-order valence-corrected chi connectivity index (χ4v) is 2.97. The van der Waals surface area contributed by atoms with Crippen molar-refractivity contribution in [2.45, 2.75) is 20.4 Å². The SMILES string of the molecule is CCOC(=O)Cn1c(O)c(N=NC(=O)COc2ccc(Cl)c(C)c2)c2ccccc21. The van der Waals surface area contributed by atoms with E-state index in [1.165, 1.54) is 4.57 Å². The largest absolute Gasteiger partial charge is 0.493 e. The summed E-state index contributed by atoms with van der Waals surface area (Å²) >= 11 is 5.96. The van der Waals surface area contributed by atoms with Gasteiger partial charge < -0.3 is 14.6 Å². The highest BCUT2D eigenvalue weighted by atomic mass is 35.5. The number of hydrogen-bond donors (Lipinski definition) is 1. The van der Waals surface area contributed by atoms with E-state index in [1.807, 2.05) is 6.92 Å². The molecule has 9 heteroatoms. The number of ether oxygens (including phenoxy) is 2. The normalized spacial score (nSPS) is 11.2. The number of carbonyl (C=O) groups excluding carboxylic acids is 2. The van der Waals surface area contributed by atoms with E-state index in [0.29, 0.717) is 21.7 Å². The highest BCUT2D eigenvalue weighted by Gasteiger charge is 2.19. The Balaban J connectivity index is 1.78. The summed E-state index contributed by atoms with van der Waals surface area (Å²) in [4.78, 5) is 23.9. The minimum absolute atomic E-state index is 0.0885. The lowest BCUT2D eigenvalue weighted by molar-refractivity contribution is -0.143. The Morgan fingerprint density at radius 1 is 1.20 bits per heavy atom. The molecule has 0 aliphatic carbocycles. The third-order valence-corrected chi connectivity index (χ3v) is 4.69. The first kappa shape index (κ1) is 21.3. The standard InChI is InChI=1S/C21H20ClN3O5/c1-3-29-19(27)11-25-17-7-5-4-6-15(17)20(21(25)28)24-23-18(26)12-30-14-8-9-16(22)13(2)10-14/h4-10,28H,3,11-12H2,1-2H3. The molecule has 0 spiro atoms. The van der Waals surface area contributed by atoms with Crippen LogP contribution in [0.15, 0.2) is 52.7 Å². The van der Waals surface area contributed by atoms with Crippen LogP contribution in [0.25, 0.3) is 10.9 Å². The molecule has 2 aromatic carbocycles.